The summed E-state index contributed by atoms with van der Waals surface area (Å²) in [7, 11) is -3.54. The highest BCUT2D eigenvalue weighted by atomic mass is 32.2. The number of para-hydroxylation sites is 1. The second-order valence-corrected chi connectivity index (χ2v) is 8.28. The van der Waals surface area contributed by atoms with E-state index < -0.39 is 10.1 Å². The summed E-state index contributed by atoms with van der Waals surface area (Å²) in [6.07, 6.45) is 1.03. The fourth-order valence-corrected chi connectivity index (χ4v) is 3.65. The first-order valence-electron chi connectivity index (χ1n) is 9.11. The molecule has 7 heteroatoms. The third-order valence-electron chi connectivity index (χ3n) is 4.48. The van der Waals surface area contributed by atoms with Gasteiger partial charge in [-0.1, -0.05) is 30.3 Å². The lowest BCUT2D eigenvalue weighted by molar-refractivity contribution is 0.482. The molecule has 0 spiro atoms. The van der Waals surface area contributed by atoms with Gasteiger partial charge in [0.1, 0.15) is 17.2 Å². The molecular weight excluding hydrogens is 388 g/mol. The van der Waals surface area contributed by atoms with E-state index in [2.05, 4.69) is 10.5 Å². The van der Waals surface area contributed by atoms with E-state index in [4.69, 9.17) is 8.92 Å². The first-order valence-corrected chi connectivity index (χ1v) is 10.9. The zero-order valence-electron chi connectivity index (χ0n) is 15.8. The van der Waals surface area contributed by atoms with Crippen LogP contribution in [0.3, 0.4) is 0 Å². The van der Waals surface area contributed by atoms with Crippen molar-refractivity contribution in [1.82, 2.24) is 5.43 Å². The minimum absolute atomic E-state index is 0.0585. The van der Waals surface area contributed by atoms with Crippen molar-refractivity contribution in [3.63, 3.8) is 0 Å². The van der Waals surface area contributed by atoms with E-state index in [1.807, 2.05) is 66.7 Å². The van der Waals surface area contributed by atoms with Gasteiger partial charge in [-0.05, 0) is 59.7 Å². The molecule has 6 nitrogen and oxygen atoms in total. The third-order valence-corrected chi connectivity index (χ3v) is 4.98. The number of hydrazone groups is 1. The predicted octanol–water partition coefficient (Wildman–Crippen LogP) is 3.91. The number of nitrogens with one attached hydrogen (secondary N) is 1. The highest BCUT2D eigenvalue weighted by Gasteiger charge is 2.24. The van der Waals surface area contributed by atoms with Gasteiger partial charge in [-0.2, -0.15) is 13.5 Å². The zero-order chi connectivity index (χ0) is 20.3. The Morgan fingerprint density at radius 3 is 2.14 bits per heavy atom. The molecule has 1 N–H and O–H groups in total. The molecule has 1 heterocycles. The molecule has 0 bridgehead atoms. The fourth-order valence-electron chi connectivity index (χ4n) is 3.19. The van der Waals surface area contributed by atoms with Gasteiger partial charge in [0.15, 0.2) is 0 Å². The van der Waals surface area contributed by atoms with E-state index >= 15 is 0 Å². The minimum Gasteiger partial charge on any atom is -0.457 e. The standard InChI is InChI=1S/C22H20N2O4S/c1-29(25,26)28-20-13-7-16(8-14-20)21-15-23-24-22(21)17-9-11-19(12-10-17)27-18-5-3-2-4-6-18/h2-14,21,23H,15H2,1H3. The molecule has 4 rings (SSSR count). The van der Waals surface area contributed by atoms with E-state index in [0.717, 1.165) is 34.6 Å². The molecular formula is C22H20N2O4S. The van der Waals surface area contributed by atoms with Crippen LogP contribution in [0.2, 0.25) is 0 Å². The first kappa shape index (κ1) is 19.0. The van der Waals surface area contributed by atoms with Gasteiger partial charge >= 0.3 is 10.1 Å². The highest BCUT2D eigenvalue weighted by molar-refractivity contribution is 7.86. The van der Waals surface area contributed by atoms with Crippen molar-refractivity contribution in [2.75, 3.05) is 12.8 Å². The molecule has 29 heavy (non-hydrogen) atoms. The molecule has 148 valence electrons. The van der Waals surface area contributed by atoms with Crippen molar-refractivity contribution < 1.29 is 17.3 Å². The van der Waals surface area contributed by atoms with Crippen LogP contribution < -0.4 is 14.3 Å². The average Bonchev–Trinajstić information content (AvgIpc) is 3.19. The maximum Gasteiger partial charge on any atom is 0.306 e. The van der Waals surface area contributed by atoms with Crippen LogP contribution in [0.1, 0.15) is 17.0 Å². The molecule has 0 amide bonds. The van der Waals surface area contributed by atoms with Gasteiger partial charge in [0, 0.05) is 12.5 Å². The van der Waals surface area contributed by atoms with Crippen LogP contribution in [0.25, 0.3) is 0 Å². The summed E-state index contributed by atoms with van der Waals surface area (Å²) in [6.45, 7) is 0.671. The topological polar surface area (TPSA) is 77.0 Å². The van der Waals surface area contributed by atoms with Gasteiger partial charge in [0.2, 0.25) is 0 Å². The third kappa shape index (κ3) is 4.75. The summed E-state index contributed by atoms with van der Waals surface area (Å²) in [5.74, 6) is 1.89. The summed E-state index contributed by atoms with van der Waals surface area (Å²) in [4.78, 5) is 0. The molecule has 0 saturated carbocycles. The van der Waals surface area contributed by atoms with Crippen LogP contribution in [-0.4, -0.2) is 26.9 Å². The molecule has 1 aliphatic heterocycles. The maximum atomic E-state index is 11.3. The number of benzene rings is 3. The van der Waals surface area contributed by atoms with Crippen molar-refractivity contribution in [1.29, 1.82) is 0 Å². The summed E-state index contributed by atoms with van der Waals surface area (Å²) in [5, 5.41) is 4.46. The van der Waals surface area contributed by atoms with E-state index in [1.54, 1.807) is 12.1 Å². The van der Waals surface area contributed by atoms with Gasteiger partial charge in [-0.25, -0.2) is 0 Å². The quantitative estimate of drug-likeness (QED) is 0.626. The SMILES string of the molecule is CS(=O)(=O)Oc1ccc(C2CNN=C2c2ccc(Oc3ccccc3)cc2)cc1. The molecule has 0 aromatic heterocycles. The lowest BCUT2D eigenvalue weighted by Crippen LogP contribution is -2.14. The second kappa shape index (κ2) is 7.97. The number of nitrogens with zero attached hydrogens (tertiary/aromatic N) is 1. The molecule has 3 aromatic carbocycles. The Bertz CT molecular complexity index is 1110. The molecule has 0 fully saturated rings. The van der Waals surface area contributed by atoms with Crippen molar-refractivity contribution in [3.05, 3.63) is 90.0 Å². The summed E-state index contributed by atoms with van der Waals surface area (Å²) in [5.41, 5.74) is 6.00. The van der Waals surface area contributed by atoms with Crippen molar-refractivity contribution in [3.8, 4) is 17.2 Å². The molecule has 0 aliphatic carbocycles. The number of ether oxygens (including phenoxy) is 1. The first-order chi connectivity index (χ1) is 14.0. The number of hydrogen-bond donors (Lipinski definition) is 1. The Balaban J connectivity index is 1.49. The van der Waals surface area contributed by atoms with Crippen LogP contribution in [0.15, 0.2) is 84.0 Å². The van der Waals surface area contributed by atoms with E-state index in [0.29, 0.717) is 12.3 Å². The second-order valence-electron chi connectivity index (χ2n) is 6.71. The smallest absolute Gasteiger partial charge is 0.306 e. The van der Waals surface area contributed by atoms with Crippen LogP contribution >= 0.6 is 0 Å². The molecule has 3 aromatic rings. The van der Waals surface area contributed by atoms with Gasteiger partial charge < -0.3 is 14.3 Å². The Kier molecular flexibility index (Phi) is 5.22. The lowest BCUT2D eigenvalue weighted by Gasteiger charge is -2.14. The molecule has 0 radical (unpaired) electrons. The molecule has 1 atom stereocenters. The Morgan fingerprint density at radius 1 is 0.862 bits per heavy atom. The summed E-state index contributed by atoms with van der Waals surface area (Å²) >= 11 is 0. The van der Waals surface area contributed by atoms with Crippen LogP contribution in [0.5, 0.6) is 17.2 Å². The predicted molar refractivity (Wildman–Crippen MR) is 112 cm³/mol. The molecule has 0 saturated heterocycles. The zero-order valence-corrected chi connectivity index (χ0v) is 16.6. The van der Waals surface area contributed by atoms with Crippen molar-refractivity contribution in [2.24, 2.45) is 5.10 Å². The van der Waals surface area contributed by atoms with Crippen molar-refractivity contribution >= 4 is 15.8 Å². The lowest BCUT2D eigenvalue weighted by atomic mass is 9.91. The number of rotatable bonds is 6. The average molecular weight is 408 g/mol. The summed E-state index contributed by atoms with van der Waals surface area (Å²) < 4.78 is 33.3. The van der Waals surface area contributed by atoms with Crippen LogP contribution in [-0.2, 0) is 10.1 Å². The highest BCUT2D eigenvalue weighted by Crippen LogP contribution is 2.28. The fraction of sp³-hybridized carbons (Fsp3) is 0.136. The van der Waals surface area contributed by atoms with E-state index in [1.165, 1.54) is 0 Å². The largest absolute Gasteiger partial charge is 0.457 e. The minimum atomic E-state index is -3.54. The van der Waals surface area contributed by atoms with E-state index in [9.17, 15) is 8.42 Å². The number of hydrogen-bond acceptors (Lipinski definition) is 6. The summed E-state index contributed by atoms with van der Waals surface area (Å²) in [6, 6.07) is 24.5. The van der Waals surface area contributed by atoms with Crippen LogP contribution in [0.4, 0.5) is 0 Å². The van der Waals surface area contributed by atoms with Gasteiger partial charge in [-0.15, -0.1) is 0 Å². The Morgan fingerprint density at radius 2 is 1.48 bits per heavy atom. The molecule has 1 aliphatic rings. The van der Waals surface area contributed by atoms with E-state index in [-0.39, 0.29) is 5.92 Å². The van der Waals surface area contributed by atoms with Crippen molar-refractivity contribution in [2.45, 2.75) is 5.92 Å². The Hall–Kier alpha value is -3.32. The van der Waals surface area contributed by atoms with Gasteiger partial charge in [-0.3, -0.25) is 0 Å². The maximum absolute atomic E-state index is 11.3. The van der Waals surface area contributed by atoms with Gasteiger partial charge in [0.25, 0.3) is 0 Å². The molecule has 1 unspecified atom stereocenters. The normalized spacial score (nSPS) is 16.0. The monoisotopic (exact) mass is 408 g/mol. The van der Waals surface area contributed by atoms with Crippen LogP contribution in [0, 0.1) is 0 Å². The Labute approximate surface area is 169 Å². The van der Waals surface area contributed by atoms with Gasteiger partial charge in [0.05, 0.1) is 12.0 Å².